The van der Waals surface area contributed by atoms with Gasteiger partial charge in [-0.1, -0.05) is 12.1 Å². The van der Waals surface area contributed by atoms with E-state index in [0.29, 0.717) is 44.8 Å². The molecule has 1 aromatic rings. The average Bonchev–Trinajstić information content (AvgIpc) is 3.36. The quantitative estimate of drug-likeness (QED) is 0.642. The van der Waals surface area contributed by atoms with Crippen LogP contribution in [0, 0.1) is 29.0 Å². The highest BCUT2D eigenvalue weighted by Gasteiger charge is 2.29. The third-order valence-electron chi connectivity index (χ3n) is 7.15. The normalized spacial score (nSPS) is 23.2. The van der Waals surface area contributed by atoms with E-state index in [0.717, 1.165) is 43.5 Å². The molecule has 2 fully saturated rings. The summed E-state index contributed by atoms with van der Waals surface area (Å²) in [4.78, 5) is 26.4. The summed E-state index contributed by atoms with van der Waals surface area (Å²) in [5, 5.41) is 15.2. The zero-order chi connectivity index (χ0) is 23.9. The van der Waals surface area contributed by atoms with Crippen molar-refractivity contribution in [3.05, 3.63) is 35.7 Å². The summed E-state index contributed by atoms with van der Waals surface area (Å²) in [6.45, 7) is 3.00. The summed E-state index contributed by atoms with van der Waals surface area (Å²) in [5.41, 5.74) is 1.84. The predicted molar refractivity (Wildman–Crippen MR) is 126 cm³/mol. The minimum atomic E-state index is -0.383. The number of nitrogens with one attached hydrogen (secondary N) is 2. The minimum absolute atomic E-state index is 0.0753. The van der Waals surface area contributed by atoms with Gasteiger partial charge in [0.1, 0.15) is 6.04 Å². The van der Waals surface area contributed by atoms with Crippen molar-refractivity contribution in [3.8, 4) is 11.8 Å². The van der Waals surface area contributed by atoms with Crippen molar-refractivity contribution >= 4 is 17.4 Å². The number of carbonyl (C=O) groups excluding carboxylic acids is 2. The van der Waals surface area contributed by atoms with E-state index in [9.17, 15) is 14.0 Å². The molecule has 0 saturated carbocycles. The number of hydrogen-bond acceptors (Lipinski definition) is 5. The first-order valence-corrected chi connectivity index (χ1v) is 12.3. The molecule has 1 aromatic carbocycles. The van der Waals surface area contributed by atoms with E-state index in [2.05, 4.69) is 16.7 Å². The summed E-state index contributed by atoms with van der Waals surface area (Å²) < 4.78 is 20.4. The van der Waals surface area contributed by atoms with Gasteiger partial charge in [0.25, 0.3) is 0 Å². The van der Waals surface area contributed by atoms with Crippen molar-refractivity contribution in [2.75, 3.05) is 32.8 Å². The van der Waals surface area contributed by atoms with Crippen LogP contribution < -0.4 is 15.4 Å². The SMILES string of the molecule is N#CC1CCCN1C(=O)CNC(=O)C1CC=C(c2ccc(OCC3CCNCC3)c(F)c2)CC1. The Kier molecular flexibility index (Phi) is 8.17. The van der Waals surface area contributed by atoms with Crippen LogP contribution in [0.25, 0.3) is 5.57 Å². The largest absolute Gasteiger partial charge is 0.490 e. The molecule has 2 aliphatic heterocycles. The van der Waals surface area contributed by atoms with E-state index in [1.54, 1.807) is 11.0 Å². The topological polar surface area (TPSA) is 94.5 Å². The van der Waals surface area contributed by atoms with E-state index < -0.39 is 0 Å². The van der Waals surface area contributed by atoms with Crippen LogP contribution in [0.15, 0.2) is 24.3 Å². The van der Waals surface area contributed by atoms with Gasteiger partial charge in [0.15, 0.2) is 11.6 Å². The highest BCUT2D eigenvalue weighted by molar-refractivity contribution is 5.87. The highest BCUT2D eigenvalue weighted by Crippen LogP contribution is 2.32. The Balaban J connectivity index is 1.26. The minimum Gasteiger partial charge on any atom is -0.490 e. The molecule has 3 aliphatic rings. The molecule has 0 radical (unpaired) electrons. The van der Waals surface area contributed by atoms with Gasteiger partial charge in [-0.2, -0.15) is 5.26 Å². The lowest BCUT2D eigenvalue weighted by Crippen LogP contribution is -2.43. The van der Waals surface area contributed by atoms with Crippen molar-refractivity contribution < 1.29 is 18.7 Å². The van der Waals surface area contributed by atoms with Crippen LogP contribution in [0.2, 0.25) is 0 Å². The number of rotatable bonds is 7. The van der Waals surface area contributed by atoms with Gasteiger partial charge in [0, 0.05) is 12.5 Å². The molecule has 0 spiro atoms. The summed E-state index contributed by atoms with van der Waals surface area (Å²) in [6, 6.07) is 6.86. The number of hydrogen-bond donors (Lipinski definition) is 2. The Morgan fingerprint density at radius 2 is 2.06 bits per heavy atom. The number of nitriles is 1. The van der Waals surface area contributed by atoms with Crippen LogP contribution >= 0.6 is 0 Å². The third-order valence-corrected chi connectivity index (χ3v) is 7.15. The van der Waals surface area contributed by atoms with Crippen LogP contribution in [0.3, 0.4) is 0 Å². The summed E-state index contributed by atoms with van der Waals surface area (Å²) in [5.74, 6) is -0.172. The Labute approximate surface area is 200 Å². The Bertz CT molecular complexity index is 967. The Morgan fingerprint density at radius 3 is 2.76 bits per heavy atom. The van der Waals surface area contributed by atoms with Crippen LogP contribution in [-0.4, -0.2) is 55.5 Å². The van der Waals surface area contributed by atoms with Gasteiger partial charge in [-0.15, -0.1) is 0 Å². The first-order valence-electron chi connectivity index (χ1n) is 12.3. The number of halogens is 1. The third kappa shape index (κ3) is 5.95. The van der Waals surface area contributed by atoms with E-state index in [1.807, 2.05) is 12.1 Å². The maximum atomic E-state index is 14.6. The molecule has 0 bridgehead atoms. The number of amides is 2. The number of nitrogens with zero attached hydrogens (tertiary/aromatic N) is 2. The number of piperidine rings is 1. The van der Waals surface area contributed by atoms with Gasteiger partial charge in [-0.05, 0) is 87.2 Å². The maximum absolute atomic E-state index is 14.6. The second kappa shape index (κ2) is 11.5. The molecule has 182 valence electrons. The number of carbonyl (C=O) groups is 2. The van der Waals surface area contributed by atoms with Crippen LogP contribution in [0.1, 0.15) is 50.5 Å². The van der Waals surface area contributed by atoms with Crippen molar-refractivity contribution in [1.29, 1.82) is 5.26 Å². The van der Waals surface area contributed by atoms with Crippen LogP contribution in [0.4, 0.5) is 4.39 Å². The van der Waals surface area contributed by atoms with Crippen molar-refractivity contribution in [2.45, 2.75) is 51.0 Å². The van der Waals surface area contributed by atoms with Gasteiger partial charge >= 0.3 is 0 Å². The van der Waals surface area contributed by atoms with E-state index in [1.165, 1.54) is 6.07 Å². The molecule has 7 nitrogen and oxygen atoms in total. The fourth-order valence-electron chi connectivity index (χ4n) is 5.02. The fourth-order valence-corrected chi connectivity index (χ4v) is 5.02. The molecule has 34 heavy (non-hydrogen) atoms. The predicted octanol–water partition coefficient (Wildman–Crippen LogP) is 3.02. The number of ether oxygens (including phenoxy) is 1. The molecule has 2 heterocycles. The van der Waals surface area contributed by atoms with Crippen LogP contribution in [-0.2, 0) is 9.59 Å². The Morgan fingerprint density at radius 1 is 1.24 bits per heavy atom. The molecular formula is C26H33FN4O3. The summed E-state index contributed by atoms with van der Waals surface area (Å²) in [6.07, 6.45) is 7.47. The first-order chi connectivity index (χ1) is 16.5. The zero-order valence-electron chi connectivity index (χ0n) is 19.5. The van der Waals surface area contributed by atoms with Gasteiger partial charge in [0.05, 0.1) is 19.2 Å². The molecule has 4 rings (SSSR count). The first kappa shape index (κ1) is 24.2. The lowest BCUT2D eigenvalue weighted by molar-refractivity contribution is -0.134. The second-order valence-corrected chi connectivity index (χ2v) is 9.44. The van der Waals surface area contributed by atoms with E-state index in [-0.39, 0.29) is 41.9 Å². The lowest BCUT2D eigenvalue weighted by atomic mass is 9.86. The van der Waals surface area contributed by atoms with Crippen LogP contribution in [0.5, 0.6) is 5.75 Å². The molecule has 8 heteroatoms. The molecule has 2 atom stereocenters. The molecule has 2 unspecified atom stereocenters. The fraction of sp³-hybridized carbons (Fsp3) is 0.577. The number of allylic oxidation sites excluding steroid dienone is 2. The molecule has 2 amide bonds. The molecular weight excluding hydrogens is 435 g/mol. The average molecular weight is 469 g/mol. The summed E-state index contributed by atoms with van der Waals surface area (Å²) in [7, 11) is 0. The number of likely N-dealkylation sites (tertiary alicyclic amines) is 1. The monoisotopic (exact) mass is 468 g/mol. The van der Waals surface area contributed by atoms with E-state index in [4.69, 9.17) is 10.00 Å². The van der Waals surface area contributed by atoms with Gasteiger partial charge in [0.2, 0.25) is 11.8 Å². The molecule has 2 N–H and O–H groups in total. The van der Waals surface area contributed by atoms with Crippen molar-refractivity contribution in [2.24, 2.45) is 11.8 Å². The molecule has 2 saturated heterocycles. The smallest absolute Gasteiger partial charge is 0.243 e. The second-order valence-electron chi connectivity index (χ2n) is 9.44. The molecule has 0 aromatic heterocycles. The van der Waals surface area contributed by atoms with Gasteiger partial charge in [-0.25, -0.2) is 4.39 Å². The highest BCUT2D eigenvalue weighted by atomic mass is 19.1. The Hall–Kier alpha value is -2.92. The van der Waals surface area contributed by atoms with Crippen molar-refractivity contribution in [1.82, 2.24) is 15.5 Å². The molecule has 1 aliphatic carbocycles. The maximum Gasteiger partial charge on any atom is 0.243 e. The zero-order valence-corrected chi connectivity index (χ0v) is 19.5. The van der Waals surface area contributed by atoms with E-state index >= 15 is 0 Å². The van der Waals surface area contributed by atoms with Gasteiger partial charge < -0.3 is 20.3 Å². The standard InChI is InChI=1S/C26H33FN4O3/c27-23-14-21(7-8-24(23)34-17-18-9-11-29-12-10-18)19-3-5-20(6-4-19)26(33)30-16-25(32)31-13-1-2-22(31)15-28/h3,7-8,14,18,20,22,29H,1-2,4-6,9-13,16-17H2,(H,30,33). The van der Waals surface area contributed by atoms with Crippen molar-refractivity contribution in [3.63, 3.8) is 0 Å². The van der Waals surface area contributed by atoms with Gasteiger partial charge in [-0.3, -0.25) is 9.59 Å². The number of benzene rings is 1. The lowest BCUT2D eigenvalue weighted by Gasteiger charge is -2.24. The summed E-state index contributed by atoms with van der Waals surface area (Å²) >= 11 is 0.